The standard InChI is InChI=1S/C11H10N4O3/c1-8(9-5-6-11(18-9)15(16)17)13-14-10-4-2-3-7-12-10/h2-7H,1H3,(H,12,14). The molecule has 0 saturated heterocycles. The molecule has 0 aliphatic carbocycles. The number of nitro groups is 1. The average Bonchev–Trinajstić information content (AvgIpc) is 2.87. The lowest BCUT2D eigenvalue weighted by Crippen LogP contribution is -1.99. The highest BCUT2D eigenvalue weighted by Crippen LogP contribution is 2.16. The molecule has 0 aromatic carbocycles. The number of nitrogens with zero attached hydrogens (tertiary/aromatic N) is 3. The van der Waals surface area contributed by atoms with Gasteiger partial charge in [0.05, 0.1) is 6.07 Å². The number of furan rings is 1. The van der Waals surface area contributed by atoms with Crippen LogP contribution in [0.5, 0.6) is 0 Å². The Bertz CT molecular complexity index is 577. The number of pyridine rings is 1. The second kappa shape index (κ2) is 5.09. The Morgan fingerprint density at radius 1 is 1.44 bits per heavy atom. The summed E-state index contributed by atoms with van der Waals surface area (Å²) in [6, 6.07) is 8.14. The largest absolute Gasteiger partial charge is 0.433 e. The maximum Gasteiger partial charge on any atom is 0.433 e. The van der Waals surface area contributed by atoms with Gasteiger partial charge in [0.25, 0.3) is 0 Å². The topological polar surface area (TPSA) is 93.6 Å². The van der Waals surface area contributed by atoms with Crippen molar-refractivity contribution in [1.29, 1.82) is 0 Å². The second-order valence-electron chi connectivity index (χ2n) is 3.42. The molecule has 0 unspecified atom stereocenters. The Labute approximate surface area is 102 Å². The molecular weight excluding hydrogens is 236 g/mol. The predicted molar refractivity (Wildman–Crippen MR) is 65.4 cm³/mol. The van der Waals surface area contributed by atoms with Gasteiger partial charge < -0.3 is 4.42 Å². The molecule has 2 aromatic rings. The third-order valence-corrected chi connectivity index (χ3v) is 2.13. The first-order valence-corrected chi connectivity index (χ1v) is 5.13. The van der Waals surface area contributed by atoms with E-state index in [4.69, 9.17) is 4.42 Å². The van der Waals surface area contributed by atoms with E-state index in [0.29, 0.717) is 17.3 Å². The minimum Gasteiger partial charge on any atom is -0.399 e. The molecule has 18 heavy (non-hydrogen) atoms. The zero-order valence-corrected chi connectivity index (χ0v) is 9.53. The zero-order valence-electron chi connectivity index (χ0n) is 9.53. The maximum absolute atomic E-state index is 10.5. The Balaban J connectivity index is 2.10. The summed E-state index contributed by atoms with van der Waals surface area (Å²) >= 11 is 0. The molecule has 1 N–H and O–H groups in total. The van der Waals surface area contributed by atoms with Crippen LogP contribution in [0, 0.1) is 10.1 Å². The van der Waals surface area contributed by atoms with Crippen molar-refractivity contribution in [2.24, 2.45) is 5.10 Å². The van der Waals surface area contributed by atoms with Gasteiger partial charge in [-0.05, 0) is 25.1 Å². The van der Waals surface area contributed by atoms with Gasteiger partial charge in [0, 0.05) is 6.20 Å². The van der Waals surface area contributed by atoms with E-state index >= 15 is 0 Å². The van der Waals surface area contributed by atoms with Crippen molar-refractivity contribution in [1.82, 2.24) is 4.98 Å². The van der Waals surface area contributed by atoms with Gasteiger partial charge in [-0.15, -0.1) is 0 Å². The van der Waals surface area contributed by atoms with Crippen LogP contribution in [0.1, 0.15) is 12.7 Å². The summed E-state index contributed by atoms with van der Waals surface area (Å²) in [6.45, 7) is 1.68. The lowest BCUT2D eigenvalue weighted by atomic mass is 10.3. The molecule has 7 nitrogen and oxygen atoms in total. The van der Waals surface area contributed by atoms with Crippen molar-refractivity contribution >= 4 is 17.4 Å². The van der Waals surface area contributed by atoms with E-state index < -0.39 is 4.92 Å². The van der Waals surface area contributed by atoms with Gasteiger partial charge >= 0.3 is 5.88 Å². The molecular formula is C11H10N4O3. The van der Waals surface area contributed by atoms with Gasteiger partial charge in [-0.2, -0.15) is 5.10 Å². The number of aromatic nitrogens is 1. The molecule has 92 valence electrons. The summed E-state index contributed by atoms with van der Waals surface area (Å²) in [5.41, 5.74) is 3.22. The number of nitrogens with one attached hydrogen (secondary N) is 1. The summed E-state index contributed by atoms with van der Waals surface area (Å²) in [4.78, 5) is 13.9. The minimum absolute atomic E-state index is 0.308. The van der Waals surface area contributed by atoms with E-state index in [-0.39, 0.29) is 5.88 Å². The Morgan fingerprint density at radius 3 is 2.89 bits per heavy atom. The summed E-state index contributed by atoms with van der Waals surface area (Å²) in [6.07, 6.45) is 1.63. The molecule has 2 rings (SSSR count). The molecule has 0 spiro atoms. The summed E-state index contributed by atoms with van der Waals surface area (Å²) in [5.74, 6) is 0.612. The van der Waals surface area contributed by atoms with Gasteiger partial charge in [0.1, 0.15) is 16.5 Å². The van der Waals surface area contributed by atoms with Crippen molar-refractivity contribution < 1.29 is 9.34 Å². The maximum atomic E-state index is 10.5. The molecule has 0 aliphatic rings. The molecule has 0 aliphatic heterocycles. The number of hydrogen-bond acceptors (Lipinski definition) is 6. The smallest absolute Gasteiger partial charge is 0.399 e. The highest BCUT2D eigenvalue weighted by atomic mass is 16.6. The van der Waals surface area contributed by atoms with E-state index in [1.54, 1.807) is 25.3 Å². The predicted octanol–water partition coefficient (Wildman–Crippen LogP) is 2.42. The van der Waals surface area contributed by atoms with Crippen LogP contribution < -0.4 is 5.43 Å². The van der Waals surface area contributed by atoms with Crippen LogP contribution in [0.25, 0.3) is 0 Å². The zero-order chi connectivity index (χ0) is 13.0. The minimum atomic E-state index is -0.594. The first kappa shape index (κ1) is 11.8. The van der Waals surface area contributed by atoms with Crippen LogP contribution in [0.2, 0.25) is 0 Å². The monoisotopic (exact) mass is 246 g/mol. The summed E-state index contributed by atoms with van der Waals surface area (Å²) in [7, 11) is 0. The van der Waals surface area contributed by atoms with Crippen molar-refractivity contribution in [3.63, 3.8) is 0 Å². The Hall–Kier alpha value is -2.70. The molecule has 2 heterocycles. The Kier molecular flexibility index (Phi) is 3.33. The first-order chi connectivity index (χ1) is 8.66. The van der Waals surface area contributed by atoms with Gasteiger partial charge in [0.2, 0.25) is 0 Å². The van der Waals surface area contributed by atoms with Crippen molar-refractivity contribution in [3.8, 4) is 0 Å². The number of hydrogen-bond donors (Lipinski definition) is 1. The second-order valence-corrected chi connectivity index (χ2v) is 3.42. The lowest BCUT2D eigenvalue weighted by molar-refractivity contribution is -0.402. The molecule has 0 fully saturated rings. The number of hydrazone groups is 1. The summed E-state index contributed by atoms with van der Waals surface area (Å²) in [5, 5.41) is 14.5. The first-order valence-electron chi connectivity index (χ1n) is 5.13. The van der Waals surface area contributed by atoms with Crippen LogP contribution in [0.3, 0.4) is 0 Å². The SMILES string of the molecule is CC(=NNc1ccccn1)c1ccc([N+](=O)[O-])o1. The normalized spacial score (nSPS) is 11.3. The van der Waals surface area contributed by atoms with Gasteiger partial charge in [-0.1, -0.05) is 6.07 Å². The fourth-order valence-electron chi connectivity index (χ4n) is 1.25. The van der Waals surface area contributed by atoms with Crippen molar-refractivity contribution in [2.75, 3.05) is 5.43 Å². The molecule has 7 heteroatoms. The summed E-state index contributed by atoms with van der Waals surface area (Å²) < 4.78 is 5.01. The highest BCUT2D eigenvalue weighted by Gasteiger charge is 2.13. The number of anilines is 1. The van der Waals surface area contributed by atoms with Crippen LogP contribution in [0.15, 0.2) is 46.0 Å². The van der Waals surface area contributed by atoms with E-state index in [9.17, 15) is 10.1 Å². The average molecular weight is 246 g/mol. The number of rotatable bonds is 4. The fraction of sp³-hybridized carbons (Fsp3) is 0.0909. The quantitative estimate of drug-likeness (QED) is 0.508. The van der Waals surface area contributed by atoms with Crippen molar-refractivity contribution in [3.05, 3.63) is 52.4 Å². The molecule has 0 bridgehead atoms. The molecule has 0 saturated carbocycles. The van der Waals surface area contributed by atoms with Crippen LogP contribution in [-0.4, -0.2) is 15.6 Å². The lowest BCUT2D eigenvalue weighted by Gasteiger charge is -1.99. The van der Waals surface area contributed by atoms with Crippen LogP contribution >= 0.6 is 0 Å². The highest BCUT2D eigenvalue weighted by molar-refractivity contribution is 5.96. The van der Waals surface area contributed by atoms with Gasteiger partial charge in [-0.25, -0.2) is 4.98 Å². The molecule has 0 amide bonds. The molecule has 2 aromatic heterocycles. The third kappa shape index (κ3) is 2.70. The van der Waals surface area contributed by atoms with Crippen LogP contribution in [-0.2, 0) is 0 Å². The van der Waals surface area contributed by atoms with E-state index in [0.717, 1.165) is 0 Å². The molecule has 0 atom stereocenters. The van der Waals surface area contributed by atoms with Crippen molar-refractivity contribution in [2.45, 2.75) is 6.92 Å². The van der Waals surface area contributed by atoms with E-state index in [2.05, 4.69) is 15.5 Å². The molecule has 0 radical (unpaired) electrons. The fourth-order valence-corrected chi connectivity index (χ4v) is 1.25. The van der Waals surface area contributed by atoms with E-state index in [1.165, 1.54) is 12.1 Å². The van der Waals surface area contributed by atoms with E-state index in [1.807, 2.05) is 6.07 Å². The van der Waals surface area contributed by atoms with Crippen LogP contribution in [0.4, 0.5) is 11.7 Å². The van der Waals surface area contributed by atoms with Gasteiger partial charge in [-0.3, -0.25) is 15.5 Å². The third-order valence-electron chi connectivity index (χ3n) is 2.13. The Morgan fingerprint density at radius 2 is 2.28 bits per heavy atom. The van der Waals surface area contributed by atoms with Gasteiger partial charge in [0.15, 0.2) is 5.76 Å².